The van der Waals surface area contributed by atoms with Crippen LogP contribution in [0.25, 0.3) is 11.0 Å². The monoisotopic (exact) mass is 593 g/mol. The number of fused-ring (bicyclic) bond motifs is 2. The molecular weight excluding hydrogens is 562 g/mol. The molecule has 6 rings (SSSR count). The number of ether oxygens (including phenoxy) is 2. The number of hydrogen-bond donors (Lipinski definition) is 4. The van der Waals surface area contributed by atoms with E-state index in [4.69, 9.17) is 29.3 Å². The van der Waals surface area contributed by atoms with Crippen LogP contribution < -0.4 is 19.7 Å². The molecule has 2 amide bonds. The minimum absolute atomic E-state index is 0.00265. The number of carbonyl (C=O) groups excluding carboxylic acids is 2. The highest BCUT2D eigenvalue weighted by atomic mass is 16.5. The molecule has 43 heavy (non-hydrogen) atoms. The quantitative estimate of drug-likeness (QED) is 0.313. The minimum atomic E-state index is -1.82. The van der Waals surface area contributed by atoms with E-state index in [9.17, 15) is 14.7 Å². The van der Waals surface area contributed by atoms with Crippen LogP contribution in [0.2, 0.25) is 0 Å². The van der Waals surface area contributed by atoms with Crippen molar-refractivity contribution in [2.45, 2.75) is 25.4 Å². The molecule has 226 valence electrons. The number of aliphatic hydroxyl groups is 1. The molecule has 2 saturated heterocycles. The first kappa shape index (κ1) is 29.7. The molecule has 4 N–H and O–H groups in total. The Balaban J connectivity index is 0.000000559. The van der Waals surface area contributed by atoms with Gasteiger partial charge in [0.15, 0.2) is 6.61 Å². The standard InChI is InChI=1S/C27H29N5O5.C2H2O4/c1-36-24-5-3-18-25(30-24)20(6-10-28-18)32-13-9-27(26(32)35)7-11-31(12-8-27)15-21(33)17-2-4-22-19(14-17)29-23(34)16-37-22;3-1(4)2(5)6/h2-6,10,14,21,33H,7-9,11-13,15-16H2,1H3,(H,29,34);(H,3,4)(H,5,6)/t21-;/m0./s1. The van der Waals surface area contributed by atoms with Crippen LogP contribution in [0.5, 0.6) is 11.6 Å². The molecule has 0 unspecified atom stereocenters. The van der Waals surface area contributed by atoms with Crippen molar-refractivity contribution >= 4 is 46.2 Å². The number of piperidine rings is 1. The first-order chi connectivity index (χ1) is 20.6. The van der Waals surface area contributed by atoms with E-state index in [0.717, 1.165) is 49.1 Å². The van der Waals surface area contributed by atoms with E-state index >= 15 is 0 Å². The second kappa shape index (κ2) is 12.2. The number of aliphatic carboxylic acids is 2. The number of carboxylic acids is 2. The average Bonchev–Trinajstić information content (AvgIpc) is 3.32. The summed E-state index contributed by atoms with van der Waals surface area (Å²) in [6, 6.07) is 10.8. The Morgan fingerprint density at radius 2 is 1.79 bits per heavy atom. The summed E-state index contributed by atoms with van der Waals surface area (Å²) in [6.07, 6.45) is 3.27. The van der Waals surface area contributed by atoms with Gasteiger partial charge < -0.3 is 39.9 Å². The third-order valence-electron chi connectivity index (χ3n) is 8.00. The fourth-order valence-electron chi connectivity index (χ4n) is 5.66. The zero-order valence-electron chi connectivity index (χ0n) is 23.4. The number of aliphatic hydroxyl groups excluding tert-OH is 1. The van der Waals surface area contributed by atoms with E-state index in [-0.39, 0.29) is 18.4 Å². The highest BCUT2D eigenvalue weighted by Crippen LogP contribution is 2.44. The van der Waals surface area contributed by atoms with Gasteiger partial charge in [0.25, 0.3) is 5.91 Å². The van der Waals surface area contributed by atoms with Gasteiger partial charge in [-0.05, 0) is 62.2 Å². The molecule has 2 fully saturated rings. The van der Waals surface area contributed by atoms with Gasteiger partial charge in [0, 0.05) is 25.4 Å². The summed E-state index contributed by atoms with van der Waals surface area (Å²) in [5.74, 6) is -2.62. The van der Waals surface area contributed by atoms with Gasteiger partial charge in [-0.3, -0.25) is 14.6 Å². The van der Waals surface area contributed by atoms with E-state index < -0.39 is 23.5 Å². The summed E-state index contributed by atoms with van der Waals surface area (Å²) in [5.41, 5.74) is 3.07. The highest BCUT2D eigenvalue weighted by molar-refractivity contribution is 6.27. The first-order valence-electron chi connectivity index (χ1n) is 13.7. The number of anilines is 2. The largest absolute Gasteiger partial charge is 0.482 e. The van der Waals surface area contributed by atoms with Crippen molar-refractivity contribution in [2.75, 3.05) is 50.1 Å². The molecule has 2 aromatic heterocycles. The minimum Gasteiger partial charge on any atom is -0.482 e. The van der Waals surface area contributed by atoms with Crippen LogP contribution in [0.15, 0.2) is 42.6 Å². The number of amides is 2. The first-order valence-corrected chi connectivity index (χ1v) is 13.7. The Morgan fingerprint density at radius 1 is 1.07 bits per heavy atom. The number of hydrogen-bond acceptors (Lipinski definition) is 10. The molecule has 3 aliphatic rings. The summed E-state index contributed by atoms with van der Waals surface area (Å²) >= 11 is 0. The number of pyridine rings is 2. The average molecular weight is 594 g/mol. The van der Waals surface area contributed by atoms with Crippen LogP contribution in [0.4, 0.5) is 11.4 Å². The van der Waals surface area contributed by atoms with Crippen molar-refractivity contribution in [1.29, 1.82) is 0 Å². The zero-order chi connectivity index (χ0) is 30.7. The van der Waals surface area contributed by atoms with Gasteiger partial charge in [-0.25, -0.2) is 14.6 Å². The maximum absolute atomic E-state index is 13.7. The van der Waals surface area contributed by atoms with Crippen molar-refractivity contribution < 1.29 is 44.0 Å². The number of aromatic nitrogens is 2. The van der Waals surface area contributed by atoms with Crippen LogP contribution in [-0.2, 0) is 19.2 Å². The number of methoxy groups -OCH3 is 1. The second-order valence-corrected chi connectivity index (χ2v) is 10.6. The molecule has 0 bridgehead atoms. The second-order valence-electron chi connectivity index (χ2n) is 10.6. The molecule has 1 aromatic carbocycles. The van der Waals surface area contributed by atoms with Crippen LogP contribution in [0.1, 0.15) is 30.9 Å². The van der Waals surface area contributed by atoms with Crippen LogP contribution in [0, 0.1) is 5.41 Å². The Labute approximate surface area is 245 Å². The molecule has 14 nitrogen and oxygen atoms in total. The number of β-amino-alcohol motifs (C(OH)–C–C–N with tert-alkyl or cyclic N) is 1. The van der Waals surface area contributed by atoms with Gasteiger partial charge in [-0.2, -0.15) is 0 Å². The van der Waals surface area contributed by atoms with Crippen molar-refractivity contribution in [3.05, 3.63) is 48.2 Å². The van der Waals surface area contributed by atoms with Crippen LogP contribution in [-0.4, -0.2) is 93.8 Å². The predicted molar refractivity (Wildman–Crippen MR) is 152 cm³/mol. The fraction of sp³-hybridized carbons (Fsp3) is 0.379. The topological polar surface area (TPSA) is 192 Å². The predicted octanol–water partition coefficient (Wildman–Crippen LogP) is 1.68. The SMILES string of the molecule is COc1ccc2nccc(N3CCC4(CCN(C[C@H](O)c5ccc6c(c5)NC(=O)CO6)CC4)C3=O)c2n1.O=C(O)C(=O)O. The normalized spacial score (nSPS) is 18.2. The maximum atomic E-state index is 13.7. The number of likely N-dealkylation sites (tertiary alicyclic amines) is 1. The van der Waals surface area contributed by atoms with Gasteiger partial charge in [0.05, 0.1) is 35.5 Å². The zero-order valence-corrected chi connectivity index (χ0v) is 23.4. The molecule has 1 atom stereocenters. The van der Waals surface area contributed by atoms with E-state index in [1.54, 1.807) is 31.5 Å². The fourth-order valence-corrected chi connectivity index (χ4v) is 5.66. The lowest BCUT2D eigenvalue weighted by Gasteiger charge is -2.38. The van der Waals surface area contributed by atoms with Gasteiger partial charge >= 0.3 is 11.9 Å². The lowest BCUT2D eigenvalue weighted by atomic mass is 9.77. The Hall–Kier alpha value is -4.82. The van der Waals surface area contributed by atoms with Crippen molar-refractivity contribution in [1.82, 2.24) is 14.9 Å². The van der Waals surface area contributed by atoms with Crippen molar-refractivity contribution in [3.8, 4) is 11.6 Å². The maximum Gasteiger partial charge on any atom is 0.414 e. The van der Waals surface area contributed by atoms with E-state index in [1.807, 2.05) is 23.1 Å². The van der Waals surface area contributed by atoms with Crippen molar-refractivity contribution in [2.24, 2.45) is 5.41 Å². The van der Waals surface area contributed by atoms with Crippen LogP contribution in [0.3, 0.4) is 0 Å². The number of rotatable bonds is 5. The van der Waals surface area contributed by atoms with Crippen LogP contribution >= 0.6 is 0 Å². The Kier molecular flexibility index (Phi) is 8.41. The molecule has 3 aliphatic heterocycles. The van der Waals surface area contributed by atoms with E-state index in [0.29, 0.717) is 35.9 Å². The summed E-state index contributed by atoms with van der Waals surface area (Å²) in [6.45, 7) is 2.56. The summed E-state index contributed by atoms with van der Waals surface area (Å²) in [5, 5.41) is 28.5. The molecule has 5 heterocycles. The molecule has 3 aromatic rings. The molecule has 0 aliphatic carbocycles. The van der Waals surface area contributed by atoms with Gasteiger partial charge in [0.2, 0.25) is 11.8 Å². The third kappa shape index (κ3) is 6.20. The van der Waals surface area contributed by atoms with Gasteiger partial charge in [0.1, 0.15) is 11.3 Å². The molecule has 1 spiro atoms. The van der Waals surface area contributed by atoms with Crippen molar-refractivity contribution in [3.63, 3.8) is 0 Å². The third-order valence-corrected chi connectivity index (χ3v) is 8.00. The molecule has 0 radical (unpaired) electrons. The summed E-state index contributed by atoms with van der Waals surface area (Å²) < 4.78 is 10.7. The Bertz CT molecular complexity index is 1560. The number of nitrogens with one attached hydrogen (secondary N) is 1. The number of carbonyl (C=O) groups is 4. The number of benzene rings is 1. The van der Waals surface area contributed by atoms with Gasteiger partial charge in [-0.15, -0.1) is 0 Å². The molecular formula is C29H31N5O9. The van der Waals surface area contributed by atoms with E-state index in [2.05, 4.69) is 20.2 Å². The lowest BCUT2D eigenvalue weighted by Crippen LogP contribution is -2.45. The smallest absolute Gasteiger partial charge is 0.414 e. The highest BCUT2D eigenvalue weighted by Gasteiger charge is 2.49. The summed E-state index contributed by atoms with van der Waals surface area (Å²) in [4.78, 5) is 56.6. The molecule has 14 heteroatoms. The summed E-state index contributed by atoms with van der Waals surface area (Å²) in [7, 11) is 1.57. The van der Waals surface area contributed by atoms with Gasteiger partial charge in [-0.1, -0.05) is 6.07 Å². The number of carboxylic acid groups (broad SMARTS) is 2. The lowest BCUT2D eigenvalue weighted by molar-refractivity contribution is -0.159. The number of nitrogens with zero attached hydrogens (tertiary/aromatic N) is 4. The molecule has 0 saturated carbocycles. The Morgan fingerprint density at radius 3 is 2.49 bits per heavy atom. The van der Waals surface area contributed by atoms with E-state index in [1.165, 1.54) is 0 Å².